The van der Waals surface area contributed by atoms with Gasteiger partial charge in [0.05, 0.1) is 12.3 Å². The molecule has 0 aromatic carbocycles. The number of carbonyl (C=O) groups excluding carboxylic acids is 1. The number of aromatic nitrogens is 1. The molecular formula is C17H25N3O2. The Bertz CT molecular complexity index is 494. The van der Waals surface area contributed by atoms with E-state index in [1.807, 2.05) is 18.3 Å². The molecule has 1 N–H and O–H groups in total. The molecule has 5 nitrogen and oxygen atoms in total. The maximum Gasteiger partial charge on any atom is 0.223 e. The first-order valence-electron chi connectivity index (χ1n) is 8.17. The number of nitrogens with zero attached hydrogens (tertiary/aromatic N) is 2. The summed E-state index contributed by atoms with van der Waals surface area (Å²) in [5, 5.41) is 3.06. The Balaban J connectivity index is 1.65. The van der Waals surface area contributed by atoms with Crippen molar-refractivity contribution in [2.24, 2.45) is 17.8 Å². The van der Waals surface area contributed by atoms with Crippen molar-refractivity contribution >= 4 is 5.91 Å². The van der Waals surface area contributed by atoms with E-state index in [0.717, 1.165) is 51.3 Å². The van der Waals surface area contributed by atoms with Gasteiger partial charge >= 0.3 is 0 Å². The first-order chi connectivity index (χ1) is 10.8. The van der Waals surface area contributed by atoms with E-state index in [1.54, 1.807) is 7.11 Å². The Kier molecular flexibility index (Phi) is 5.05. The quantitative estimate of drug-likeness (QED) is 0.911. The Morgan fingerprint density at radius 2 is 2.23 bits per heavy atom. The van der Waals surface area contributed by atoms with Crippen LogP contribution in [0.25, 0.3) is 0 Å². The van der Waals surface area contributed by atoms with Gasteiger partial charge in [0.25, 0.3) is 0 Å². The molecule has 2 saturated heterocycles. The third-order valence-electron chi connectivity index (χ3n) is 5.03. The summed E-state index contributed by atoms with van der Waals surface area (Å²) in [7, 11) is 1.75. The molecule has 1 aromatic heterocycles. The molecule has 1 amide bonds. The van der Waals surface area contributed by atoms with Crippen LogP contribution in [0.2, 0.25) is 0 Å². The zero-order valence-electron chi connectivity index (χ0n) is 13.2. The SMILES string of the molecule is COC[C@@H]1CNC(=O)[C@H]2CCN(Cc3ccccn3)CC[C@@H]12. The van der Waals surface area contributed by atoms with Gasteiger partial charge in [-0.2, -0.15) is 0 Å². The minimum atomic E-state index is 0.141. The summed E-state index contributed by atoms with van der Waals surface area (Å²) in [6, 6.07) is 6.04. The number of likely N-dealkylation sites (tertiary alicyclic amines) is 1. The van der Waals surface area contributed by atoms with E-state index in [4.69, 9.17) is 4.74 Å². The maximum atomic E-state index is 12.2. The Hall–Kier alpha value is -1.46. The fourth-order valence-electron chi connectivity index (χ4n) is 3.86. The molecule has 0 spiro atoms. The van der Waals surface area contributed by atoms with Crippen LogP contribution >= 0.6 is 0 Å². The molecule has 0 aliphatic carbocycles. The number of carbonyl (C=O) groups is 1. The van der Waals surface area contributed by atoms with Crippen LogP contribution in [0.4, 0.5) is 0 Å². The van der Waals surface area contributed by atoms with Crippen molar-refractivity contribution in [1.82, 2.24) is 15.2 Å². The lowest BCUT2D eigenvalue weighted by Gasteiger charge is -2.36. The molecule has 0 radical (unpaired) electrons. The average molecular weight is 303 g/mol. The minimum Gasteiger partial charge on any atom is -0.384 e. The normalized spacial score (nSPS) is 29.5. The summed E-state index contributed by atoms with van der Waals surface area (Å²) < 4.78 is 5.35. The number of pyridine rings is 1. The second-order valence-corrected chi connectivity index (χ2v) is 6.41. The lowest BCUT2D eigenvalue weighted by molar-refractivity contribution is -0.131. The van der Waals surface area contributed by atoms with Gasteiger partial charge in [-0.3, -0.25) is 14.7 Å². The summed E-state index contributed by atoms with van der Waals surface area (Å²) in [5.41, 5.74) is 1.10. The number of rotatable bonds is 4. The summed E-state index contributed by atoms with van der Waals surface area (Å²) in [4.78, 5) is 19.1. The highest BCUT2D eigenvalue weighted by Crippen LogP contribution is 2.34. The van der Waals surface area contributed by atoms with Crippen molar-refractivity contribution in [3.05, 3.63) is 30.1 Å². The molecule has 3 atom stereocenters. The summed E-state index contributed by atoms with van der Waals surface area (Å²) in [6.45, 7) is 4.36. The monoisotopic (exact) mass is 303 g/mol. The van der Waals surface area contributed by atoms with Crippen molar-refractivity contribution in [2.75, 3.05) is 33.4 Å². The van der Waals surface area contributed by atoms with Gasteiger partial charge < -0.3 is 10.1 Å². The number of hydrogen-bond acceptors (Lipinski definition) is 4. The first-order valence-corrected chi connectivity index (χ1v) is 8.17. The molecule has 5 heteroatoms. The van der Waals surface area contributed by atoms with E-state index in [9.17, 15) is 4.79 Å². The topological polar surface area (TPSA) is 54.5 Å². The molecule has 0 bridgehead atoms. The zero-order chi connectivity index (χ0) is 15.4. The second kappa shape index (κ2) is 7.20. The van der Waals surface area contributed by atoms with Gasteiger partial charge in [0, 0.05) is 38.2 Å². The fraction of sp³-hybridized carbons (Fsp3) is 0.647. The third-order valence-corrected chi connectivity index (χ3v) is 5.03. The van der Waals surface area contributed by atoms with Crippen molar-refractivity contribution < 1.29 is 9.53 Å². The number of methoxy groups -OCH3 is 1. The third kappa shape index (κ3) is 3.47. The highest BCUT2D eigenvalue weighted by molar-refractivity contribution is 5.79. The number of ether oxygens (including phenoxy) is 1. The highest BCUT2D eigenvalue weighted by Gasteiger charge is 2.39. The van der Waals surface area contributed by atoms with Crippen LogP contribution < -0.4 is 5.32 Å². The van der Waals surface area contributed by atoms with Crippen LogP contribution in [0, 0.1) is 17.8 Å². The van der Waals surface area contributed by atoms with Crippen LogP contribution in [0.1, 0.15) is 18.5 Å². The van der Waals surface area contributed by atoms with Crippen LogP contribution in [0.5, 0.6) is 0 Å². The molecule has 3 heterocycles. The van der Waals surface area contributed by atoms with E-state index < -0.39 is 0 Å². The molecule has 2 fully saturated rings. The van der Waals surface area contributed by atoms with Crippen molar-refractivity contribution in [3.63, 3.8) is 0 Å². The minimum absolute atomic E-state index is 0.141. The molecule has 1 aromatic rings. The van der Waals surface area contributed by atoms with Crippen molar-refractivity contribution in [3.8, 4) is 0 Å². The van der Waals surface area contributed by atoms with Crippen molar-refractivity contribution in [2.45, 2.75) is 19.4 Å². The van der Waals surface area contributed by atoms with Gasteiger partial charge in [-0.05, 0) is 44.0 Å². The molecule has 2 aliphatic heterocycles. The molecular weight excluding hydrogens is 278 g/mol. The van der Waals surface area contributed by atoms with E-state index in [1.165, 1.54) is 0 Å². The van der Waals surface area contributed by atoms with Gasteiger partial charge in [-0.25, -0.2) is 0 Å². The molecule has 2 aliphatic rings. The highest BCUT2D eigenvalue weighted by atomic mass is 16.5. The average Bonchev–Trinajstić information content (AvgIpc) is 2.75. The van der Waals surface area contributed by atoms with Gasteiger partial charge in [-0.1, -0.05) is 6.07 Å². The Labute approximate surface area is 132 Å². The van der Waals surface area contributed by atoms with E-state index in [2.05, 4.69) is 21.3 Å². The van der Waals surface area contributed by atoms with Crippen LogP contribution in [0.3, 0.4) is 0 Å². The summed E-state index contributed by atoms with van der Waals surface area (Å²) in [5.74, 6) is 1.27. The van der Waals surface area contributed by atoms with E-state index >= 15 is 0 Å². The number of hydrogen-bond donors (Lipinski definition) is 1. The molecule has 3 rings (SSSR count). The zero-order valence-corrected chi connectivity index (χ0v) is 13.2. The predicted octanol–water partition coefficient (Wildman–Crippen LogP) is 1.30. The number of amides is 1. The molecule has 120 valence electrons. The van der Waals surface area contributed by atoms with Crippen LogP contribution in [0.15, 0.2) is 24.4 Å². The number of nitrogens with one attached hydrogen (secondary N) is 1. The van der Waals surface area contributed by atoms with E-state index in [-0.39, 0.29) is 11.8 Å². The van der Waals surface area contributed by atoms with Gasteiger partial charge in [0.15, 0.2) is 0 Å². The molecule has 22 heavy (non-hydrogen) atoms. The largest absolute Gasteiger partial charge is 0.384 e. The lowest BCUT2D eigenvalue weighted by Crippen LogP contribution is -2.49. The van der Waals surface area contributed by atoms with Gasteiger partial charge in [0.2, 0.25) is 5.91 Å². The van der Waals surface area contributed by atoms with E-state index in [0.29, 0.717) is 11.8 Å². The lowest BCUT2D eigenvalue weighted by atomic mass is 9.75. The van der Waals surface area contributed by atoms with Gasteiger partial charge in [-0.15, -0.1) is 0 Å². The van der Waals surface area contributed by atoms with Crippen molar-refractivity contribution in [1.29, 1.82) is 0 Å². The Morgan fingerprint density at radius 1 is 1.36 bits per heavy atom. The van der Waals surface area contributed by atoms with Crippen LogP contribution in [-0.4, -0.2) is 49.1 Å². The number of piperidine rings is 1. The van der Waals surface area contributed by atoms with Crippen LogP contribution in [-0.2, 0) is 16.1 Å². The summed E-state index contributed by atoms with van der Waals surface area (Å²) in [6.07, 6.45) is 3.84. The smallest absolute Gasteiger partial charge is 0.223 e. The summed E-state index contributed by atoms with van der Waals surface area (Å²) >= 11 is 0. The fourth-order valence-corrected chi connectivity index (χ4v) is 3.86. The molecule has 0 saturated carbocycles. The number of fused-ring (bicyclic) bond motifs is 1. The standard InChI is InChI=1S/C17H25N3O2/c1-22-12-13-10-19-17(21)16-6-9-20(8-5-15(13)16)11-14-4-2-3-7-18-14/h2-4,7,13,15-16H,5-6,8-12H2,1H3,(H,19,21)/t13-,15-,16-/m0/s1. The Morgan fingerprint density at radius 3 is 3.00 bits per heavy atom. The van der Waals surface area contributed by atoms with Gasteiger partial charge in [0.1, 0.15) is 0 Å². The predicted molar refractivity (Wildman–Crippen MR) is 84.1 cm³/mol. The molecule has 0 unspecified atom stereocenters. The maximum absolute atomic E-state index is 12.2. The second-order valence-electron chi connectivity index (χ2n) is 6.41. The first kappa shape index (κ1) is 15.4.